The highest BCUT2D eigenvalue weighted by atomic mass is 16.5. The first-order valence-electron chi connectivity index (χ1n) is 10.0. The summed E-state index contributed by atoms with van der Waals surface area (Å²) in [6.45, 7) is 2.77. The van der Waals surface area contributed by atoms with E-state index in [1.807, 2.05) is 42.5 Å². The zero-order chi connectivity index (χ0) is 21.4. The zero-order valence-corrected chi connectivity index (χ0v) is 17.6. The Kier molecular flexibility index (Phi) is 4.71. The molecule has 31 heavy (non-hydrogen) atoms. The highest BCUT2D eigenvalue weighted by Crippen LogP contribution is 2.44. The Morgan fingerprint density at radius 2 is 1.77 bits per heavy atom. The van der Waals surface area contributed by atoms with Crippen LogP contribution in [0.3, 0.4) is 0 Å². The summed E-state index contributed by atoms with van der Waals surface area (Å²) in [5, 5.41) is 17.3. The van der Waals surface area contributed by atoms with E-state index in [9.17, 15) is 0 Å². The van der Waals surface area contributed by atoms with Gasteiger partial charge >= 0.3 is 0 Å². The number of fused-ring (bicyclic) bond motifs is 2. The van der Waals surface area contributed by atoms with Gasteiger partial charge in [-0.25, -0.2) is 0 Å². The molecule has 2 N–H and O–H groups in total. The fourth-order valence-electron chi connectivity index (χ4n) is 4.04. The molecule has 156 valence electrons. The van der Waals surface area contributed by atoms with E-state index in [0.29, 0.717) is 18.4 Å². The molecule has 0 spiro atoms. The number of methoxy groups -OCH3 is 2. The largest absolute Gasteiger partial charge is 0.495 e. The third-order valence-corrected chi connectivity index (χ3v) is 5.52. The van der Waals surface area contributed by atoms with Gasteiger partial charge in [0.1, 0.15) is 5.75 Å². The fraction of sp³-hybridized carbons (Fsp3) is 0.167. The molecule has 0 bridgehead atoms. The molecule has 4 aromatic rings. The summed E-state index contributed by atoms with van der Waals surface area (Å²) in [5.74, 6) is 2.06. The summed E-state index contributed by atoms with van der Waals surface area (Å²) in [6.07, 6.45) is 0. The number of nitrogens with zero attached hydrogens (tertiary/aromatic N) is 3. The molecule has 0 amide bonds. The van der Waals surface area contributed by atoms with Crippen LogP contribution in [0.1, 0.15) is 5.56 Å². The number of para-hydroxylation sites is 1. The highest BCUT2D eigenvalue weighted by molar-refractivity contribution is 5.96. The molecule has 1 aliphatic heterocycles. The van der Waals surface area contributed by atoms with Gasteiger partial charge in [-0.3, -0.25) is 0 Å². The van der Waals surface area contributed by atoms with E-state index in [1.165, 1.54) is 0 Å². The molecule has 0 radical (unpaired) electrons. The van der Waals surface area contributed by atoms with E-state index in [0.717, 1.165) is 44.8 Å². The van der Waals surface area contributed by atoms with E-state index in [1.54, 1.807) is 14.2 Å². The number of benzene rings is 3. The van der Waals surface area contributed by atoms with Gasteiger partial charge < -0.3 is 25.0 Å². The first-order valence-corrected chi connectivity index (χ1v) is 10.0. The number of ether oxygens (including phenoxy) is 2. The predicted octanol–water partition coefficient (Wildman–Crippen LogP) is 5.22. The molecular formula is C24H23N5O2. The van der Waals surface area contributed by atoms with Crippen molar-refractivity contribution in [2.75, 3.05) is 36.4 Å². The van der Waals surface area contributed by atoms with Gasteiger partial charge in [-0.15, -0.1) is 10.2 Å². The Bertz CT molecular complexity index is 1270. The summed E-state index contributed by atoms with van der Waals surface area (Å²) in [4.78, 5) is 2.23. The van der Waals surface area contributed by atoms with Gasteiger partial charge in [0.25, 0.3) is 0 Å². The minimum Gasteiger partial charge on any atom is -0.495 e. The fourth-order valence-corrected chi connectivity index (χ4v) is 4.04. The quantitative estimate of drug-likeness (QED) is 0.465. The van der Waals surface area contributed by atoms with E-state index in [4.69, 9.17) is 9.47 Å². The van der Waals surface area contributed by atoms with Gasteiger partial charge in [0.15, 0.2) is 5.82 Å². The monoisotopic (exact) mass is 413 g/mol. The van der Waals surface area contributed by atoms with Gasteiger partial charge in [-0.2, -0.15) is 0 Å². The summed E-state index contributed by atoms with van der Waals surface area (Å²) in [5.41, 5.74) is 5.31. The number of hydrogen-bond acceptors (Lipinski definition) is 7. The van der Waals surface area contributed by atoms with Crippen LogP contribution in [0.4, 0.5) is 28.6 Å². The molecule has 0 atom stereocenters. The summed E-state index contributed by atoms with van der Waals surface area (Å²) >= 11 is 0. The smallest absolute Gasteiger partial charge is 0.241 e. The first kappa shape index (κ1) is 19.0. The average Bonchev–Trinajstić information content (AvgIpc) is 3.22. The average molecular weight is 413 g/mol. The summed E-state index contributed by atoms with van der Waals surface area (Å²) < 4.78 is 11.0. The van der Waals surface area contributed by atoms with Crippen LogP contribution in [0, 0.1) is 6.92 Å². The van der Waals surface area contributed by atoms with Crippen LogP contribution in [-0.4, -0.2) is 31.1 Å². The second kappa shape index (κ2) is 7.68. The lowest BCUT2D eigenvalue weighted by Gasteiger charge is -2.23. The van der Waals surface area contributed by atoms with Gasteiger partial charge in [-0.1, -0.05) is 30.3 Å². The standard InChI is InChI=1S/C24H23N5O2/c1-15-7-6-10-21(30-2)22(15)29-14-25-19-13-16(11-12-20(19)29)26-23-17-8-4-5-9-18(17)24(31-3)28-27-23/h4-13,25H,14H2,1-3H3,(H,26,27). The lowest BCUT2D eigenvalue weighted by Crippen LogP contribution is -2.18. The Hall–Kier alpha value is -4.00. The topological polar surface area (TPSA) is 71.5 Å². The maximum Gasteiger partial charge on any atom is 0.241 e. The second-order valence-electron chi connectivity index (χ2n) is 7.35. The molecule has 0 saturated carbocycles. The van der Waals surface area contributed by atoms with E-state index < -0.39 is 0 Å². The first-order chi connectivity index (χ1) is 15.2. The summed E-state index contributed by atoms with van der Waals surface area (Å²) in [6, 6.07) is 20.3. The SMILES string of the molecule is COc1cccc(C)c1N1CNc2cc(Nc3nnc(OC)c4ccccc34)ccc21. The Morgan fingerprint density at radius 3 is 2.58 bits per heavy atom. The molecule has 0 saturated heterocycles. The third-order valence-electron chi connectivity index (χ3n) is 5.52. The molecular weight excluding hydrogens is 390 g/mol. The van der Waals surface area contributed by atoms with Gasteiger partial charge in [0.2, 0.25) is 5.88 Å². The predicted molar refractivity (Wildman–Crippen MR) is 124 cm³/mol. The molecule has 2 heterocycles. The zero-order valence-electron chi connectivity index (χ0n) is 17.6. The molecule has 0 fully saturated rings. The normalized spacial score (nSPS) is 12.4. The molecule has 5 rings (SSSR count). The van der Waals surface area contributed by atoms with Crippen molar-refractivity contribution in [3.8, 4) is 11.6 Å². The second-order valence-corrected chi connectivity index (χ2v) is 7.35. The number of nitrogens with one attached hydrogen (secondary N) is 2. The number of anilines is 5. The number of rotatable bonds is 5. The number of aromatic nitrogens is 2. The van der Waals surface area contributed by atoms with Crippen LogP contribution in [0.15, 0.2) is 60.7 Å². The van der Waals surface area contributed by atoms with Gasteiger partial charge in [-0.05, 0) is 42.8 Å². The summed E-state index contributed by atoms with van der Waals surface area (Å²) in [7, 11) is 3.31. The molecule has 7 heteroatoms. The van der Waals surface area contributed by atoms with Gasteiger partial charge in [0.05, 0.1) is 38.0 Å². The van der Waals surface area contributed by atoms with Crippen LogP contribution in [0.25, 0.3) is 10.8 Å². The van der Waals surface area contributed by atoms with Crippen molar-refractivity contribution in [1.29, 1.82) is 0 Å². The lowest BCUT2D eigenvalue weighted by atomic mass is 10.1. The van der Waals surface area contributed by atoms with Crippen LogP contribution in [-0.2, 0) is 0 Å². The molecule has 1 aromatic heterocycles. The number of hydrogen-bond donors (Lipinski definition) is 2. The van der Waals surface area contributed by atoms with Crippen molar-refractivity contribution < 1.29 is 9.47 Å². The Labute approximate surface area is 180 Å². The molecule has 7 nitrogen and oxygen atoms in total. The molecule has 1 aliphatic rings. The Morgan fingerprint density at radius 1 is 0.935 bits per heavy atom. The maximum atomic E-state index is 5.61. The van der Waals surface area contributed by atoms with Crippen molar-refractivity contribution in [2.45, 2.75) is 6.92 Å². The van der Waals surface area contributed by atoms with E-state index in [-0.39, 0.29) is 0 Å². The molecule has 0 aliphatic carbocycles. The van der Waals surface area contributed by atoms with Crippen molar-refractivity contribution >= 4 is 39.3 Å². The maximum absolute atomic E-state index is 5.61. The minimum absolute atomic E-state index is 0.514. The van der Waals surface area contributed by atoms with Crippen molar-refractivity contribution in [3.05, 3.63) is 66.2 Å². The molecule has 3 aromatic carbocycles. The van der Waals surface area contributed by atoms with Gasteiger partial charge in [0, 0.05) is 16.5 Å². The third kappa shape index (κ3) is 3.24. The van der Waals surface area contributed by atoms with Crippen LogP contribution in [0.2, 0.25) is 0 Å². The van der Waals surface area contributed by atoms with Crippen LogP contribution >= 0.6 is 0 Å². The van der Waals surface area contributed by atoms with Crippen molar-refractivity contribution in [1.82, 2.24) is 10.2 Å². The lowest BCUT2D eigenvalue weighted by molar-refractivity contribution is 0.398. The van der Waals surface area contributed by atoms with E-state index in [2.05, 4.69) is 50.9 Å². The van der Waals surface area contributed by atoms with Crippen LogP contribution < -0.4 is 25.0 Å². The van der Waals surface area contributed by atoms with Crippen LogP contribution in [0.5, 0.6) is 11.6 Å². The van der Waals surface area contributed by atoms with E-state index >= 15 is 0 Å². The van der Waals surface area contributed by atoms with Crippen molar-refractivity contribution in [3.63, 3.8) is 0 Å². The Balaban J connectivity index is 1.49. The number of aryl methyl sites for hydroxylation is 1. The highest BCUT2D eigenvalue weighted by Gasteiger charge is 2.24. The molecule has 0 unspecified atom stereocenters. The minimum atomic E-state index is 0.514. The van der Waals surface area contributed by atoms with Crippen molar-refractivity contribution in [2.24, 2.45) is 0 Å².